The Morgan fingerprint density at radius 1 is 1.15 bits per heavy atom. The van der Waals surface area contributed by atoms with Gasteiger partial charge in [0.25, 0.3) is 0 Å². The number of amidine groups is 1. The molecule has 1 N–H and O–H groups in total. The minimum atomic E-state index is -0.330. The predicted molar refractivity (Wildman–Crippen MR) is 98.4 cm³/mol. The van der Waals surface area contributed by atoms with Crippen molar-refractivity contribution >= 4 is 5.84 Å². The first-order valence-corrected chi connectivity index (χ1v) is 8.91. The van der Waals surface area contributed by atoms with Crippen molar-refractivity contribution in [3.05, 3.63) is 53.5 Å². The Hall–Kier alpha value is -2.63. The van der Waals surface area contributed by atoms with Gasteiger partial charge in [0.05, 0.1) is 5.56 Å². The van der Waals surface area contributed by atoms with Crippen LogP contribution in [0.15, 0.2) is 41.6 Å². The fourth-order valence-corrected chi connectivity index (χ4v) is 3.48. The summed E-state index contributed by atoms with van der Waals surface area (Å²) in [6, 6.07) is 9.98. The maximum Gasteiger partial charge on any atom is 0.230 e. The SMILES string of the molecule is Cc1ccc(/C(=N/O)N2C(C)CCCC2C)c(Oc2ccc(F)cc2)n1. The molecule has 0 bridgehead atoms. The number of likely N-dealkylation sites (tertiary alicyclic amines) is 1. The average molecular weight is 357 g/mol. The lowest BCUT2D eigenvalue weighted by atomic mass is 9.96. The quantitative estimate of drug-likeness (QED) is 0.374. The predicted octanol–water partition coefficient (Wildman–Crippen LogP) is 4.72. The molecule has 6 heteroatoms. The van der Waals surface area contributed by atoms with Gasteiger partial charge in [-0.2, -0.15) is 0 Å². The molecule has 26 heavy (non-hydrogen) atoms. The summed E-state index contributed by atoms with van der Waals surface area (Å²) in [5, 5.41) is 13.4. The molecule has 0 radical (unpaired) electrons. The van der Waals surface area contributed by atoms with Crippen molar-refractivity contribution in [3.63, 3.8) is 0 Å². The van der Waals surface area contributed by atoms with E-state index in [1.54, 1.807) is 12.1 Å². The Morgan fingerprint density at radius 2 is 1.81 bits per heavy atom. The fourth-order valence-electron chi connectivity index (χ4n) is 3.48. The van der Waals surface area contributed by atoms with E-state index in [9.17, 15) is 9.60 Å². The first-order chi connectivity index (χ1) is 12.5. The normalized spacial score (nSPS) is 20.9. The second-order valence-electron chi connectivity index (χ2n) is 6.82. The van der Waals surface area contributed by atoms with E-state index in [-0.39, 0.29) is 17.9 Å². The number of rotatable bonds is 3. The summed E-state index contributed by atoms with van der Waals surface area (Å²) in [6.45, 7) is 6.12. The molecule has 0 amide bonds. The molecule has 2 unspecified atom stereocenters. The third-order valence-electron chi connectivity index (χ3n) is 4.80. The Balaban J connectivity index is 1.99. The Kier molecular flexibility index (Phi) is 5.40. The molecule has 0 aliphatic carbocycles. The molecule has 0 saturated carbocycles. The molecule has 2 heterocycles. The number of benzene rings is 1. The molecule has 2 atom stereocenters. The van der Waals surface area contributed by atoms with Crippen LogP contribution in [0.4, 0.5) is 4.39 Å². The minimum Gasteiger partial charge on any atom is -0.438 e. The van der Waals surface area contributed by atoms with Crippen molar-refractivity contribution in [2.24, 2.45) is 5.16 Å². The van der Waals surface area contributed by atoms with Gasteiger partial charge < -0.3 is 14.8 Å². The zero-order valence-electron chi connectivity index (χ0n) is 15.3. The Bertz CT molecular complexity index is 782. The molecule has 0 spiro atoms. The lowest BCUT2D eigenvalue weighted by Crippen LogP contribution is -2.48. The van der Waals surface area contributed by atoms with Crippen molar-refractivity contribution in [1.29, 1.82) is 0 Å². The summed E-state index contributed by atoms with van der Waals surface area (Å²) in [5.74, 6) is 0.940. The summed E-state index contributed by atoms with van der Waals surface area (Å²) in [6.07, 6.45) is 3.23. The summed E-state index contributed by atoms with van der Waals surface area (Å²) in [4.78, 5) is 6.59. The first-order valence-electron chi connectivity index (χ1n) is 8.91. The molecular weight excluding hydrogens is 333 g/mol. The number of hydrogen-bond donors (Lipinski definition) is 1. The molecule has 1 aromatic carbocycles. The molecule has 3 rings (SSSR count). The highest BCUT2D eigenvalue weighted by Gasteiger charge is 2.30. The number of nitrogens with zero attached hydrogens (tertiary/aromatic N) is 3. The van der Waals surface area contributed by atoms with Crippen LogP contribution in [-0.2, 0) is 0 Å². The molecule has 138 valence electrons. The van der Waals surface area contributed by atoms with Crippen LogP contribution in [0, 0.1) is 12.7 Å². The highest BCUT2D eigenvalue weighted by atomic mass is 19.1. The van der Waals surface area contributed by atoms with Gasteiger partial charge in [-0.25, -0.2) is 9.37 Å². The number of hydrogen-bond acceptors (Lipinski definition) is 4. The molecule has 5 nitrogen and oxygen atoms in total. The maximum absolute atomic E-state index is 13.2. The van der Waals surface area contributed by atoms with Crippen LogP contribution in [0.5, 0.6) is 11.6 Å². The largest absolute Gasteiger partial charge is 0.438 e. The van der Waals surface area contributed by atoms with Gasteiger partial charge in [0.15, 0.2) is 5.84 Å². The summed E-state index contributed by atoms with van der Waals surface area (Å²) in [5.41, 5.74) is 1.39. The van der Waals surface area contributed by atoms with Crippen LogP contribution in [0.2, 0.25) is 0 Å². The average Bonchev–Trinajstić information content (AvgIpc) is 2.61. The van der Waals surface area contributed by atoms with Crippen molar-refractivity contribution in [2.75, 3.05) is 0 Å². The molecule has 1 aromatic heterocycles. The molecule has 1 aliphatic rings. The van der Waals surface area contributed by atoms with E-state index in [1.165, 1.54) is 12.1 Å². The molecule has 2 aromatic rings. The minimum absolute atomic E-state index is 0.254. The van der Waals surface area contributed by atoms with Gasteiger partial charge in [0.2, 0.25) is 5.88 Å². The standard InChI is InChI=1S/C20H24FN3O2/c1-13-7-12-18(19(23-25)24-14(2)5-4-6-15(24)3)20(22-13)26-17-10-8-16(21)9-11-17/h7-12,14-15,25H,4-6H2,1-3H3/b23-19-. The Morgan fingerprint density at radius 3 is 2.42 bits per heavy atom. The monoisotopic (exact) mass is 357 g/mol. The van der Waals surface area contributed by atoms with Gasteiger partial charge in [-0.05, 0) is 76.4 Å². The van der Waals surface area contributed by atoms with Crippen LogP contribution in [-0.4, -0.2) is 33.0 Å². The number of ether oxygens (including phenoxy) is 1. The van der Waals surface area contributed by atoms with Crippen LogP contribution in [0.25, 0.3) is 0 Å². The van der Waals surface area contributed by atoms with Gasteiger partial charge in [-0.3, -0.25) is 0 Å². The number of piperidine rings is 1. The van der Waals surface area contributed by atoms with E-state index < -0.39 is 0 Å². The number of halogens is 1. The fraction of sp³-hybridized carbons (Fsp3) is 0.400. The van der Waals surface area contributed by atoms with Crippen molar-refractivity contribution in [2.45, 2.75) is 52.1 Å². The van der Waals surface area contributed by atoms with Crippen molar-refractivity contribution in [3.8, 4) is 11.6 Å². The topological polar surface area (TPSA) is 58.0 Å². The maximum atomic E-state index is 13.2. The van der Waals surface area contributed by atoms with Gasteiger partial charge in [0.1, 0.15) is 11.6 Å². The molecule has 1 saturated heterocycles. The second kappa shape index (κ2) is 7.72. The number of aromatic nitrogens is 1. The van der Waals surface area contributed by atoms with Crippen LogP contribution in [0.3, 0.4) is 0 Å². The van der Waals surface area contributed by atoms with E-state index in [4.69, 9.17) is 4.74 Å². The number of aryl methyl sites for hydroxylation is 1. The van der Waals surface area contributed by atoms with Gasteiger partial charge in [0, 0.05) is 17.8 Å². The van der Waals surface area contributed by atoms with E-state index in [0.717, 1.165) is 25.0 Å². The highest BCUT2D eigenvalue weighted by molar-refractivity contribution is 6.00. The van der Waals surface area contributed by atoms with E-state index in [1.807, 2.05) is 19.1 Å². The molecular formula is C20H24FN3O2. The summed E-state index contributed by atoms with van der Waals surface area (Å²) >= 11 is 0. The highest BCUT2D eigenvalue weighted by Crippen LogP contribution is 2.30. The third kappa shape index (κ3) is 3.79. The van der Waals surface area contributed by atoms with Crippen LogP contribution < -0.4 is 4.74 Å². The Labute approximate surface area is 153 Å². The van der Waals surface area contributed by atoms with E-state index >= 15 is 0 Å². The first kappa shape index (κ1) is 18.2. The zero-order valence-corrected chi connectivity index (χ0v) is 15.3. The molecule has 1 aliphatic heterocycles. The lowest BCUT2D eigenvalue weighted by molar-refractivity contribution is 0.181. The summed E-state index contributed by atoms with van der Waals surface area (Å²) < 4.78 is 19.0. The smallest absolute Gasteiger partial charge is 0.230 e. The van der Waals surface area contributed by atoms with Crippen LogP contribution in [0.1, 0.15) is 44.4 Å². The second-order valence-corrected chi connectivity index (χ2v) is 6.82. The number of pyridine rings is 1. The van der Waals surface area contributed by atoms with E-state index in [0.29, 0.717) is 23.0 Å². The number of oxime groups is 1. The van der Waals surface area contributed by atoms with Crippen LogP contribution >= 0.6 is 0 Å². The van der Waals surface area contributed by atoms with Gasteiger partial charge in [-0.1, -0.05) is 5.16 Å². The third-order valence-corrected chi connectivity index (χ3v) is 4.80. The van der Waals surface area contributed by atoms with Gasteiger partial charge in [-0.15, -0.1) is 0 Å². The van der Waals surface area contributed by atoms with Gasteiger partial charge >= 0.3 is 0 Å². The van der Waals surface area contributed by atoms with E-state index in [2.05, 4.69) is 28.9 Å². The lowest BCUT2D eigenvalue weighted by Gasteiger charge is -2.40. The zero-order chi connectivity index (χ0) is 18.7. The summed E-state index contributed by atoms with van der Waals surface area (Å²) in [7, 11) is 0. The van der Waals surface area contributed by atoms with Crippen molar-refractivity contribution in [1.82, 2.24) is 9.88 Å². The van der Waals surface area contributed by atoms with Crippen molar-refractivity contribution < 1.29 is 14.3 Å². The molecule has 1 fully saturated rings.